The smallest absolute Gasteiger partial charge is 0.339 e. The number of carboxylic acids is 1. The molecule has 0 aromatic carbocycles. The Morgan fingerprint density at radius 3 is 2.54 bits per heavy atom. The second-order valence-electron chi connectivity index (χ2n) is 6.38. The molecule has 0 bridgehead atoms. The van der Waals surface area contributed by atoms with E-state index in [-0.39, 0.29) is 22.8 Å². The monoisotopic (exact) mass is 337 g/mol. The van der Waals surface area contributed by atoms with Crippen molar-refractivity contribution >= 4 is 11.9 Å². The van der Waals surface area contributed by atoms with Crippen molar-refractivity contribution in [1.29, 1.82) is 0 Å². The largest absolute Gasteiger partial charge is 0.478 e. The summed E-state index contributed by atoms with van der Waals surface area (Å²) in [5.74, 6) is -1.10. The lowest BCUT2D eigenvalue weighted by molar-refractivity contribution is -0.0669. The summed E-state index contributed by atoms with van der Waals surface area (Å²) in [6.45, 7) is 4.97. The third-order valence-corrected chi connectivity index (χ3v) is 4.53. The van der Waals surface area contributed by atoms with Gasteiger partial charge in [-0.3, -0.25) is 4.79 Å². The number of nitrogens with one attached hydrogen (secondary N) is 1. The van der Waals surface area contributed by atoms with E-state index in [0.717, 1.165) is 32.1 Å². The number of furan rings is 1. The molecule has 2 N–H and O–H groups in total. The topological polar surface area (TPSA) is 88.8 Å². The van der Waals surface area contributed by atoms with E-state index < -0.39 is 5.97 Å². The van der Waals surface area contributed by atoms with E-state index in [1.807, 2.05) is 0 Å². The van der Waals surface area contributed by atoms with Crippen molar-refractivity contribution in [2.45, 2.75) is 64.4 Å². The molecule has 0 radical (unpaired) electrons. The van der Waals surface area contributed by atoms with Crippen molar-refractivity contribution in [3.8, 4) is 0 Å². The van der Waals surface area contributed by atoms with Gasteiger partial charge < -0.3 is 19.6 Å². The number of carbonyl (C=O) groups is 2. The number of hydrogen-bond donors (Lipinski definition) is 2. The van der Waals surface area contributed by atoms with Gasteiger partial charge in [0.05, 0.1) is 5.60 Å². The molecule has 1 aromatic heterocycles. The first-order valence-corrected chi connectivity index (χ1v) is 8.79. The lowest BCUT2D eigenvalue weighted by Crippen LogP contribution is -2.46. The third-order valence-electron chi connectivity index (χ3n) is 4.53. The highest BCUT2D eigenvalue weighted by atomic mass is 16.5. The minimum Gasteiger partial charge on any atom is -0.478 e. The molecule has 1 amide bonds. The Labute approximate surface area is 142 Å². The van der Waals surface area contributed by atoms with Gasteiger partial charge in [-0.05, 0) is 19.3 Å². The van der Waals surface area contributed by atoms with Crippen molar-refractivity contribution in [2.75, 3.05) is 13.2 Å². The summed E-state index contributed by atoms with van der Waals surface area (Å²) in [6, 6.07) is 1.30. The average Bonchev–Trinajstić information content (AvgIpc) is 3.04. The van der Waals surface area contributed by atoms with Crippen LogP contribution in [0.1, 0.15) is 79.0 Å². The van der Waals surface area contributed by atoms with Gasteiger partial charge in [0.15, 0.2) is 5.76 Å². The van der Waals surface area contributed by atoms with Gasteiger partial charge in [0.25, 0.3) is 5.91 Å². The minimum atomic E-state index is -1.08. The Morgan fingerprint density at radius 1 is 1.29 bits per heavy atom. The summed E-state index contributed by atoms with van der Waals surface area (Å²) in [4.78, 5) is 23.5. The first-order chi connectivity index (χ1) is 11.5. The van der Waals surface area contributed by atoms with Gasteiger partial charge in [0.1, 0.15) is 11.3 Å². The minimum absolute atomic E-state index is 0.0469. The molecule has 2 rings (SSSR count). The number of aryl methyl sites for hydroxylation is 1. The predicted octanol–water partition coefficient (Wildman–Crippen LogP) is 3.40. The van der Waals surface area contributed by atoms with Gasteiger partial charge in [-0.1, -0.05) is 33.1 Å². The van der Waals surface area contributed by atoms with Crippen LogP contribution in [0.4, 0.5) is 0 Å². The number of carboxylic acid groups (broad SMARTS) is 1. The molecule has 24 heavy (non-hydrogen) atoms. The molecule has 6 nitrogen and oxygen atoms in total. The lowest BCUT2D eigenvalue weighted by Gasteiger charge is -2.37. The Bertz CT molecular complexity index is 572. The molecule has 0 aliphatic heterocycles. The van der Waals surface area contributed by atoms with Crippen LogP contribution in [0.3, 0.4) is 0 Å². The molecular formula is C18H27NO5. The van der Waals surface area contributed by atoms with Gasteiger partial charge in [0.2, 0.25) is 0 Å². The predicted molar refractivity (Wildman–Crippen MR) is 89.4 cm³/mol. The van der Waals surface area contributed by atoms with Crippen molar-refractivity contribution in [1.82, 2.24) is 5.32 Å². The first-order valence-electron chi connectivity index (χ1n) is 8.79. The van der Waals surface area contributed by atoms with Crippen LogP contribution in [0.25, 0.3) is 0 Å². The summed E-state index contributed by atoms with van der Waals surface area (Å²) in [6.07, 6.45) is 6.64. The van der Waals surface area contributed by atoms with Crippen LogP contribution in [-0.4, -0.2) is 35.7 Å². The molecule has 1 aliphatic rings. The molecule has 1 aromatic rings. The Kier molecular flexibility index (Phi) is 6.43. The fourth-order valence-corrected chi connectivity index (χ4v) is 3.20. The van der Waals surface area contributed by atoms with Crippen molar-refractivity contribution < 1.29 is 23.8 Å². The van der Waals surface area contributed by atoms with Gasteiger partial charge in [-0.25, -0.2) is 4.79 Å². The van der Waals surface area contributed by atoms with Crippen LogP contribution < -0.4 is 5.32 Å². The van der Waals surface area contributed by atoms with E-state index in [0.29, 0.717) is 25.3 Å². The molecule has 1 fully saturated rings. The van der Waals surface area contributed by atoms with Crippen molar-refractivity contribution in [3.63, 3.8) is 0 Å². The number of hydrogen-bond acceptors (Lipinski definition) is 4. The SMILES string of the molecule is CCCOC1(CNC(=O)c2cc(C(=O)O)c(CC)o2)CCCCC1. The zero-order chi connectivity index (χ0) is 17.6. The summed E-state index contributed by atoms with van der Waals surface area (Å²) in [7, 11) is 0. The molecule has 134 valence electrons. The molecule has 1 aliphatic carbocycles. The highest BCUT2D eigenvalue weighted by Gasteiger charge is 2.33. The van der Waals surface area contributed by atoms with Crippen LogP contribution in [0.2, 0.25) is 0 Å². The van der Waals surface area contributed by atoms with Crippen LogP contribution in [0.5, 0.6) is 0 Å². The van der Waals surface area contributed by atoms with E-state index in [2.05, 4.69) is 12.2 Å². The molecule has 0 spiro atoms. The maximum absolute atomic E-state index is 12.4. The fourth-order valence-electron chi connectivity index (χ4n) is 3.20. The van der Waals surface area contributed by atoms with Crippen LogP contribution in [0.15, 0.2) is 10.5 Å². The molecule has 0 atom stereocenters. The highest BCUT2D eigenvalue weighted by molar-refractivity contribution is 5.96. The van der Waals surface area contributed by atoms with Gasteiger partial charge in [-0.15, -0.1) is 0 Å². The summed E-state index contributed by atoms with van der Waals surface area (Å²) >= 11 is 0. The zero-order valence-electron chi connectivity index (χ0n) is 14.5. The number of rotatable bonds is 8. The van der Waals surface area contributed by atoms with E-state index in [4.69, 9.17) is 14.3 Å². The van der Waals surface area contributed by atoms with Gasteiger partial charge >= 0.3 is 5.97 Å². The van der Waals surface area contributed by atoms with Crippen molar-refractivity contribution in [2.24, 2.45) is 0 Å². The second-order valence-corrected chi connectivity index (χ2v) is 6.38. The maximum Gasteiger partial charge on any atom is 0.339 e. The number of aromatic carboxylic acids is 1. The van der Waals surface area contributed by atoms with Crippen LogP contribution in [-0.2, 0) is 11.2 Å². The Hall–Kier alpha value is -1.82. The van der Waals surface area contributed by atoms with E-state index >= 15 is 0 Å². The van der Waals surface area contributed by atoms with Gasteiger partial charge in [0, 0.05) is 25.6 Å². The number of ether oxygens (including phenoxy) is 1. The summed E-state index contributed by atoms with van der Waals surface area (Å²) in [5.41, 5.74) is -0.253. The summed E-state index contributed by atoms with van der Waals surface area (Å²) in [5, 5.41) is 12.0. The molecule has 0 saturated heterocycles. The highest BCUT2D eigenvalue weighted by Crippen LogP contribution is 2.31. The Morgan fingerprint density at radius 2 is 2.00 bits per heavy atom. The molecule has 1 heterocycles. The average molecular weight is 337 g/mol. The van der Waals surface area contributed by atoms with Crippen LogP contribution >= 0.6 is 0 Å². The van der Waals surface area contributed by atoms with Crippen molar-refractivity contribution in [3.05, 3.63) is 23.2 Å². The fraction of sp³-hybridized carbons (Fsp3) is 0.667. The molecular weight excluding hydrogens is 310 g/mol. The first kappa shape index (κ1) is 18.5. The van der Waals surface area contributed by atoms with Crippen LogP contribution in [0, 0.1) is 0 Å². The molecule has 6 heteroatoms. The second kappa shape index (κ2) is 8.33. The molecule has 1 saturated carbocycles. The Balaban J connectivity index is 2.04. The maximum atomic E-state index is 12.4. The van der Waals surface area contributed by atoms with E-state index in [1.54, 1.807) is 6.92 Å². The zero-order valence-corrected chi connectivity index (χ0v) is 14.5. The van der Waals surface area contributed by atoms with E-state index in [9.17, 15) is 9.59 Å². The number of carbonyl (C=O) groups excluding carboxylic acids is 1. The standard InChI is InChI=1S/C18H27NO5/c1-3-10-23-18(8-6-5-7-9-18)12-19-16(20)15-11-13(17(21)22)14(4-2)24-15/h11H,3-10,12H2,1-2H3,(H,19,20)(H,21,22). The number of amides is 1. The third kappa shape index (κ3) is 4.38. The normalized spacial score (nSPS) is 16.8. The van der Waals surface area contributed by atoms with E-state index in [1.165, 1.54) is 12.5 Å². The van der Waals surface area contributed by atoms with Gasteiger partial charge in [-0.2, -0.15) is 0 Å². The lowest BCUT2D eigenvalue weighted by atomic mass is 9.84. The molecule has 0 unspecified atom stereocenters. The quantitative estimate of drug-likeness (QED) is 0.759. The summed E-state index contributed by atoms with van der Waals surface area (Å²) < 4.78 is 11.5.